The minimum absolute atomic E-state index is 0.138. The summed E-state index contributed by atoms with van der Waals surface area (Å²) in [5, 5.41) is 6.35. The van der Waals surface area contributed by atoms with Crippen molar-refractivity contribution in [3.05, 3.63) is 30.0 Å². The highest BCUT2D eigenvalue weighted by Gasteiger charge is 2.50. The van der Waals surface area contributed by atoms with Gasteiger partial charge in [0.1, 0.15) is 23.5 Å². The van der Waals surface area contributed by atoms with Crippen molar-refractivity contribution in [1.29, 1.82) is 0 Å². The summed E-state index contributed by atoms with van der Waals surface area (Å²) in [7, 11) is 2.83. The van der Waals surface area contributed by atoms with Gasteiger partial charge in [-0.05, 0) is 55.7 Å². The standard InChI is InChI=1S/C27H34N4O7/c1-36-22-5-3-4-18-17(22)13-19(29-18)25(34)31-15-27(7-10-38-11-8-27)14-21(31)24(33)30-20(26(35)37-2)12-16-6-9-28-23(16)32/h3-5,13,16,20-21,29H,6-12,14-15H2,1-2H3,(H,28,32)(H,30,33)/t16-,20-,21?/m0/s1. The lowest BCUT2D eigenvalue weighted by Gasteiger charge is -2.32. The van der Waals surface area contributed by atoms with Gasteiger partial charge in [0, 0.05) is 43.1 Å². The number of amides is 3. The van der Waals surface area contributed by atoms with Gasteiger partial charge in [-0.25, -0.2) is 4.79 Å². The van der Waals surface area contributed by atoms with Crippen LogP contribution in [-0.2, 0) is 23.9 Å². The number of carbonyl (C=O) groups excluding carboxylic acids is 4. The van der Waals surface area contributed by atoms with Crippen molar-refractivity contribution in [1.82, 2.24) is 20.5 Å². The van der Waals surface area contributed by atoms with E-state index in [1.807, 2.05) is 18.2 Å². The third-order valence-electron chi connectivity index (χ3n) is 8.18. The maximum atomic E-state index is 13.9. The van der Waals surface area contributed by atoms with E-state index < -0.39 is 24.0 Å². The molecular formula is C27H34N4O7. The molecule has 3 saturated heterocycles. The van der Waals surface area contributed by atoms with E-state index in [-0.39, 0.29) is 29.6 Å². The van der Waals surface area contributed by atoms with Crippen LogP contribution in [0.25, 0.3) is 10.9 Å². The van der Waals surface area contributed by atoms with Crippen LogP contribution in [0, 0.1) is 11.3 Å². The molecule has 11 heteroatoms. The molecule has 5 rings (SSSR count). The first-order valence-corrected chi connectivity index (χ1v) is 13.0. The van der Waals surface area contributed by atoms with Crippen molar-refractivity contribution in [2.24, 2.45) is 11.3 Å². The number of rotatable bonds is 7. The Kier molecular flexibility index (Phi) is 7.29. The summed E-state index contributed by atoms with van der Waals surface area (Å²) in [5.74, 6) is -1.21. The fourth-order valence-corrected chi connectivity index (χ4v) is 6.02. The lowest BCUT2D eigenvalue weighted by molar-refractivity contribution is -0.146. The topological polar surface area (TPSA) is 139 Å². The first kappa shape index (κ1) is 26.0. The van der Waals surface area contributed by atoms with E-state index in [0.717, 1.165) is 23.7 Å². The van der Waals surface area contributed by atoms with Gasteiger partial charge in [-0.2, -0.15) is 0 Å². The lowest BCUT2D eigenvalue weighted by Crippen LogP contribution is -2.51. The van der Waals surface area contributed by atoms with E-state index in [0.29, 0.717) is 50.6 Å². The Morgan fingerprint density at radius 3 is 2.71 bits per heavy atom. The zero-order valence-electron chi connectivity index (χ0n) is 21.7. The van der Waals surface area contributed by atoms with Gasteiger partial charge in [-0.15, -0.1) is 0 Å². The Bertz CT molecular complexity index is 1240. The molecule has 38 heavy (non-hydrogen) atoms. The zero-order chi connectivity index (χ0) is 26.9. The molecule has 0 bridgehead atoms. The predicted octanol–water partition coefficient (Wildman–Crippen LogP) is 1.37. The second-order valence-corrected chi connectivity index (χ2v) is 10.5. The van der Waals surface area contributed by atoms with Crippen molar-refractivity contribution < 1.29 is 33.4 Å². The Morgan fingerprint density at radius 2 is 2.03 bits per heavy atom. The molecular weight excluding hydrogens is 492 g/mol. The number of hydrogen-bond donors (Lipinski definition) is 3. The molecule has 1 spiro atoms. The van der Waals surface area contributed by atoms with Crippen molar-refractivity contribution in [3.63, 3.8) is 0 Å². The minimum Gasteiger partial charge on any atom is -0.496 e. The summed E-state index contributed by atoms with van der Waals surface area (Å²) < 4.78 is 15.9. The van der Waals surface area contributed by atoms with E-state index in [1.165, 1.54) is 7.11 Å². The van der Waals surface area contributed by atoms with Crippen LogP contribution in [0.15, 0.2) is 24.3 Å². The maximum Gasteiger partial charge on any atom is 0.328 e. The van der Waals surface area contributed by atoms with Crippen molar-refractivity contribution in [3.8, 4) is 5.75 Å². The average Bonchev–Trinajstić information content (AvgIpc) is 3.65. The van der Waals surface area contributed by atoms with Crippen molar-refractivity contribution >= 4 is 34.6 Å². The largest absolute Gasteiger partial charge is 0.496 e. The number of hydrogen-bond acceptors (Lipinski definition) is 7. The van der Waals surface area contributed by atoms with Crippen molar-refractivity contribution in [2.75, 3.05) is 40.5 Å². The van der Waals surface area contributed by atoms with Crippen LogP contribution >= 0.6 is 0 Å². The van der Waals surface area contributed by atoms with Crippen LogP contribution in [-0.4, -0.2) is 86.2 Å². The molecule has 3 fully saturated rings. The quantitative estimate of drug-likeness (QED) is 0.463. The third kappa shape index (κ3) is 4.94. The molecule has 3 amide bonds. The molecule has 0 aliphatic carbocycles. The van der Waals surface area contributed by atoms with Gasteiger partial charge in [0.2, 0.25) is 11.8 Å². The van der Waals surface area contributed by atoms with Crippen LogP contribution in [0.4, 0.5) is 0 Å². The zero-order valence-corrected chi connectivity index (χ0v) is 21.7. The Hall–Kier alpha value is -3.60. The molecule has 1 aromatic heterocycles. The first-order chi connectivity index (χ1) is 18.3. The highest BCUT2D eigenvalue weighted by molar-refractivity contribution is 6.02. The van der Waals surface area contributed by atoms with Crippen molar-refractivity contribution in [2.45, 2.75) is 44.2 Å². The highest BCUT2D eigenvalue weighted by Crippen LogP contribution is 2.43. The molecule has 3 atom stereocenters. The molecule has 3 aliphatic rings. The molecule has 0 saturated carbocycles. The smallest absolute Gasteiger partial charge is 0.328 e. The number of carbonyl (C=O) groups is 4. The Labute approximate surface area is 220 Å². The van der Waals surface area contributed by atoms with E-state index in [2.05, 4.69) is 15.6 Å². The SMILES string of the molecule is COC(=O)[C@H](C[C@@H]1CCNC1=O)NC(=O)C1CC2(CCOCC2)CN1C(=O)c1cc2c(OC)cccc2[nH]1. The highest BCUT2D eigenvalue weighted by atomic mass is 16.5. The summed E-state index contributed by atoms with van der Waals surface area (Å²) >= 11 is 0. The number of aromatic nitrogens is 1. The first-order valence-electron chi connectivity index (χ1n) is 13.0. The fourth-order valence-electron chi connectivity index (χ4n) is 6.02. The summed E-state index contributed by atoms with van der Waals surface area (Å²) in [4.78, 5) is 57.0. The number of benzene rings is 1. The van der Waals surface area contributed by atoms with E-state index in [9.17, 15) is 19.2 Å². The molecule has 4 heterocycles. The Morgan fingerprint density at radius 1 is 1.24 bits per heavy atom. The summed E-state index contributed by atoms with van der Waals surface area (Å²) in [6.07, 6.45) is 2.68. The van der Waals surface area contributed by atoms with E-state index in [1.54, 1.807) is 18.1 Å². The minimum atomic E-state index is -0.984. The van der Waals surface area contributed by atoms with Gasteiger partial charge in [-0.3, -0.25) is 14.4 Å². The van der Waals surface area contributed by atoms with Gasteiger partial charge >= 0.3 is 5.97 Å². The summed E-state index contributed by atoms with van der Waals surface area (Å²) in [6, 6.07) is 5.51. The number of H-pyrrole nitrogens is 1. The number of esters is 1. The van der Waals surface area contributed by atoms with Crippen LogP contribution in [0.2, 0.25) is 0 Å². The number of aromatic amines is 1. The molecule has 2 aromatic rings. The average molecular weight is 527 g/mol. The third-order valence-corrected chi connectivity index (χ3v) is 8.18. The van der Waals surface area contributed by atoms with E-state index in [4.69, 9.17) is 14.2 Å². The van der Waals surface area contributed by atoms with Crippen LogP contribution < -0.4 is 15.4 Å². The van der Waals surface area contributed by atoms with Crippen LogP contribution in [0.1, 0.15) is 42.6 Å². The monoisotopic (exact) mass is 526 g/mol. The molecule has 204 valence electrons. The molecule has 3 aliphatic heterocycles. The summed E-state index contributed by atoms with van der Waals surface area (Å²) in [5.41, 5.74) is 0.874. The van der Waals surface area contributed by atoms with E-state index >= 15 is 0 Å². The van der Waals surface area contributed by atoms with Gasteiger partial charge in [0.25, 0.3) is 5.91 Å². The van der Waals surface area contributed by atoms with Gasteiger partial charge in [-0.1, -0.05) is 6.07 Å². The van der Waals surface area contributed by atoms with Gasteiger partial charge in [0.05, 0.1) is 14.2 Å². The molecule has 1 aromatic carbocycles. The number of nitrogens with one attached hydrogen (secondary N) is 3. The number of nitrogens with zero attached hydrogens (tertiary/aromatic N) is 1. The second kappa shape index (κ2) is 10.6. The predicted molar refractivity (Wildman–Crippen MR) is 136 cm³/mol. The molecule has 3 N–H and O–H groups in total. The number of ether oxygens (including phenoxy) is 3. The Balaban J connectivity index is 1.41. The second-order valence-electron chi connectivity index (χ2n) is 10.5. The molecule has 1 unspecified atom stereocenters. The number of methoxy groups -OCH3 is 2. The molecule has 0 radical (unpaired) electrons. The normalized spacial score (nSPS) is 23.3. The number of fused-ring (bicyclic) bond motifs is 1. The van der Waals surface area contributed by atoms with Crippen LogP contribution in [0.5, 0.6) is 5.75 Å². The maximum absolute atomic E-state index is 13.9. The fraction of sp³-hybridized carbons (Fsp3) is 0.556. The molecule has 11 nitrogen and oxygen atoms in total. The lowest BCUT2D eigenvalue weighted by atomic mass is 9.78. The van der Waals surface area contributed by atoms with Crippen LogP contribution in [0.3, 0.4) is 0 Å². The number of likely N-dealkylation sites (tertiary alicyclic amines) is 1. The summed E-state index contributed by atoms with van der Waals surface area (Å²) in [6.45, 7) is 2.09. The van der Waals surface area contributed by atoms with Gasteiger partial charge < -0.3 is 34.7 Å². The van der Waals surface area contributed by atoms with Gasteiger partial charge in [0.15, 0.2) is 0 Å².